The van der Waals surface area contributed by atoms with E-state index in [2.05, 4.69) is 15.8 Å². The Hall–Kier alpha value is -2.05. The first-order valence-electron chi connectivity index (χ1n) is 7.41. The van der Waals surface area contributed by atoms with Crippen molar-refractivity contribution in [3.05, 3.63) is 11.8 Å². The molecule has 1 saturated carbocycles. The van der Waals surface area contributed by atoms with Crippen LogP contribution in [0.2, 0.25) is 0 Å². The van der Waals surface area contributed by atoms with Crippen LogP contribution in [0.1, 0.15) is 31.4 Å². The van der Waals surface area contributed by atoms with Gasteiger partial charge in [0.05, 0.1) is 5.69 Å². The SMILES string of the molecule is Cc1cc(NC(=O)NC2CCN(C(=O)C3CC3)CC2)on1. The van der Waals surface area contributed by atoms with Crippen molar-refractivity contribution in [3.8, 4) is 0 Å². The van der Waals surface area contributed by atoms with E-state index in [0.29, 0.717) is 5.88 Å². The van der Waals surface area contributed by atoms with Gasteiger partial charge in [0.15, 0.2) is 0 Å². The van der Waals surface area contributed by atoms with Gasteiger partial charge in [0, 0.05) is 31.1 Å². The van der Waals surface area contributed by atoms with E-state index in [1.165, 1.54) is 0 Å². The van der Waals surface area contributed by atoms with E-state index in [1.54, 1.807) is 13.0 Å². The highest BCUT2D eigenvalue weighted by Crippen LogP contribution is 2.31. The van der Waals surface area contributed by atoms with Crippen molar-refractivity contribution in [1.82, 2.24) is 15.4 Å². The van der Waals surface area contributed by atoms with Crippen molar-refractivity contribution >= 4 is 17.8 Å². The molecule has 0 radical (unpaired) electrons. The van der Waals surface area contributed by atoms with Crippen LogP contribution in [0.15, 0.2) is 10.6 Å². The van der Waals surface area contributed by atoms with E-state index in [4.69, 9.17) is 4.52 Å². The van der Waals surface area contributed by atoms with Gasteiger partial charge in [-0.15, -0.1) is 0 Å². The molecule has 1 aromatic rings. The third-order valence-corrected chi connectivity index (χ3v) is 3.93. The van der Waals surface area contributed by atoms with Crippen molar-refractivity contribution in [2.75, 3.05) is 18.4 Å². The van der Waals surface area contributed by atoms with Crippen LogP contribution >= 0.6 is 0 Å². The second kappa shape index (κ2) is 5.75. The molecule has 7 nitrogen and oxygen atoms in total. The number of hydrogen-bond donors (Lipinski definition) is 2. The van der Waals surface area contributed by atoms with Crippen LogP contribution in [0.25, 0.3) is 0 Å². The summed E-state index contributed by atoms with van der Waals surface area (Å²) >= 11 is 0. The molecule has 0 aromatic carbocycles. The summed E-state index contributed by atoms with van der Waals surface area (Å²) in [5.41, 5.74) is 0.720. The van der Waals surface area contributed by atoms with Crippen LogP contribution in [0.4, 0.5) is 10.7 Å². The van der Waals surface area contributed by atoms with Gasteiger partial charge < -0.3 is 14.7 Å². The van der Waals surface area contributed by atoms with Gasteiger partial charge in [0.1, 0.15) is 0 Å². The number of hydrogen-bond acceptors (Lipinski definition) is 4. The highest BCUT2D eigenvalue weighted by Gasteiger charge is 2.35. The summed E-state index contributed by atoms with van der Waals surface area (Å²) in [6.45, 7) is 3.24. The number of rotatable bonds is 3. The van der Waals surface area contributed by atoms with Crippen LogP contribution < -0.4 is 10.6 Å². The summed E-state index contributed by atoms with van der Waals surface area (Å²) in [5, 5.41) is 9.22. The number of aryl methyl sites for hydroxylation is 1. The van der Waals surface area contributed by atoms with Gasteiger partial charge in [-0.1, -0.05) is 5.16 Å². The normalized spacial score (nSPS) is 19.4. The predicted octanol–water partition coefficient (Wildman–Crippen LogP) is 1.51. The van der Waals surface area contributed by atoms with Gasteiger partial charge >= 0.3 is 6.03 Å². The molecular weight excluding hydrogens is 272 g/mol. The molecule has 3 rings (SSSR count). The molecule has 2 N–H and O–H groups in total. The highest BCUT2D eigenvalue weighted by atomic mass is 16.5. The number of carbonyl (C=O) groups excluding carboxylic acids is 2. The summed E-state index contributed by atoms with van der Waals surface area (Å²) in [5.74, 6) is 0.897. The molecule has 0 bridgehead atoms. The Morgan fingerprint density at radius 2 is 2.00 bits per heavy atom. The fraction of sp³-hybridized carbons (Fsp3) is 0.643. The Labute approximate surface area is 123 Å². The molecule has 2 fully saturated rings. The minimum atomic E-state index is -0.293. The molecule has 1 aliphatic carbocycles. The van der Waals surface area contributed by atoms with Crippen molar-refractivity contribution in [1.29, 1.82) is 0 Å². The van der Waals surface area contributed by atoms with Gasteiger partial charge in [-0.3, -0.25) is 10.1 Å². The van der Waals surface area contributed by atoms with Crippen LogP contribution in [0, 0.1) is 12.8 Å². The van der Waals surface area contributed by atoms with Gasteiger partial charge in [0.2, 0.25) is 11.8 Å². The lowest BCUT2D eigenvalue weighted by Crippen LogP contribution is -2.47. The second-order valence-electron chi connectivity index (χ2n) is 5.80. The number of amides is 3. The van der Waals surface area contributed by atoms with Gasteiger partial charge in [0.25, 0.3) is 0 Å². The molecule has 1 saturated heterocycles. The molecule has 3 amide bonds. The molecule has 0 spiro atoms. The molecule has 114 valence electrons. The second-order valence-corrected chi connectivity index (χ2v) is 5.80. The zero-order chi connectivity index (χ0) is 14.8. The topological polar surface area (TPSA) is 87.5 Å². The Morgan fingerprint density at radius 1 is 1.29 bits per heavy atom. The number of nitrogens with zero attached hydrogens (tertiary/aromatic N) is 2. The molecule has 1 aliphatic heterocycles. The highest BCUT2D eigenvalue weighted by molar-refractivity contribution is 5.88. The number of likely N-dealkylation sites (tertiary alicyclic amines) is 1. The number of aromatic nitrogens is 1. The van der Waals surface area contributed by atoms with Crippen LogP contribution in [-0.4, -0.2) is 41.1 Å². The van der Waals surface area contributed by atoms with Gasteiger partial charge in [-0.05, 0) is 32.6 Å². The van der Waals surface area contributed by atoms with E-state index in [1.807, 2.05) is 4.90 Å². The number of piperidine rings is 1. The molecule has 21 heavy (non-hydrogen) atoms. The van der Waals surface area contributed by atoms with E-state index < -0.39 is 0 Å². The predicted molar refractivity (Wildman–Crippen MR) is 75.7 cm³/mol. The molecule has 0 unspecified atom stereocenters. The van der Waals surface area contributed by atoms with Crippen molar-refractivity contribution in [2.24, 2.45) is 5.92 Å². The monoisotopic (exact) mass is 292 g/mol. The van der Waals surface area contributed by atoms with Crippen molar-refractivity contribution in [2.45, 2.75) is 38.6 Å². The van der Waals surface area contributed by atoms with Gasteiger partial charge in [-0.2, -0.15) is 0 Å². The molecular formula is C14H20N4O3. The maximum Gasteiger partial charge on any atom is 0.321 e. The molecule has 1 aromatic heterocycles. The minimum absolute atomic E-state index is 0.0947. The first kappa shape index (κ1) is 13.9. The Bertz CT molecular complexity index is 530. The standard InChI is InChI=1S/C14H20N4O3/c1-9-8-12(21-17-9)16-14(20)15-11-4-6-18(7-5-11)13(19)10-2-3-10/h8,10-11H,2-7H2,1H3,(H2,15,16,20). The zero-order valence-electron chi connectivity index (χ0n) is 12.1. The third-order valence-electron chi connectivity index (χ3n) is 3.93. The van der Waals surface area contributed by atoms with Crippen LogP contribution in [0.3, 0.4) is 0 Å². The average molecular weight is 292 g/mol. The summed E-state index contributed by atoms with van der Waals surface area (Å²) < 4.78 is 4.93. The quantitative estimate of drug-likeness (QED) is 0.884. The number of urea groups is 1. The van der Waals surface area contributed by atoms with Crippen molar-refractivity contribution in [3.63, 3.8) is 0 Å². The first-order valence-corrected chi connectivity index (χ1v) is 7.41. The Balaban J connectivity index is 1.42. The van der Waals surface area contributed by atoms with E-state index in [-0.39, 0.29) is 23.9 Å². The Kier molecular flexibility index (Phi) is 3.81. The fourth-order valence-corrected chi connectivity index (χ4v) is 2.59. The average Bonchev–Trinajstić information content (AvgIpc) is 3.23. The smallest absolute Gasteiger partial charge is 0.321 e. The lowest BCUT2D eigenvalue weighted by molar-refractivity contribution is -0.133. The lowest BCUT2D eigenvalue weighted by Gasteiger charge is -2.32. The maximum atomic E-state index is 11.9. The number of nitrogens with one attached hydrogen (secondary N) is 2. The lowest BCUT2D eigenvalue weighted by atomic mass is 10.0. The van der Waals surface area contributed by atoms with E-state index in [9.17, 15) is 9.59 Å². The maximum absolute atomic E-state index is 11.9. The van der Waals surface area contributed by atoms with Crippen LogP contribution in [-0.2, 0) is 4.79 Å². The minimum Gasteiger partial charge on any atom is -0.342 e. The Morgan fingerprint density at radius 3 is 2.57 bits per heavy atom. The largest absolute Gasteiger partial charge is 0.342 e. The number of anilines is 1. The van der Waals surface area contributed by atoms with E-state index in [0.717, 1.165) is 44.5 Å². The first-order chi connectivity index (χ1) is 10.1. The number of carbonyl (C=O) groups is 2. The molecule has 2 aliphatic rings. The summed E-state index contributed by atoms with van der Waals surface area (Å²) in [4.78, 5) is 25.7. The third kappa shape index (κ3) is 3.53. The molecule has 7 heteroatoms. The van der Waals surface area contributed by atoms with Crippen molar-refractivity contribution < 1.29 is 14.1 Å². The summed E-state index contributed by atoms with van der Waals surface area (Å²) in [6, 6.07) is 1.46. The molecule has 2 heterocycles. The fourth-order valence-electron chi connectivity index (χ4n) is 2.59. The van der Waals surface area contributed by atoms with Gasteiger partial charge in [-0.25, -0.2) is 4.79 Å². The van der Waals surface area contributed by atoms with E-state index >= 15 is 0 Å². The zero-order valence-corrected chi connectivity index (χ0v) is 12.1. The van der Waals surface area contributed by atoms with Crippen LogP contribution in [0.5, 0.6) is 0 Å². The summed E-state index contributed by atoms with van der Waals surface area (Å²) in [6.07, 6.45) is 3.66. The molecule has 0 atom stereocenters. The summed E-state index contributed by atoms with van der Waals surface area (Å²) in [7, 11) is 0.